The second-order valence-corrected chi connectivity index (χ2v) is 9.79. The van der Waals surface area contributed by atoms with E-state index in [2.05, 4.69) is 4.98 Å². The molecule has 2 heterocycles. The van der Waals surface area contributed by atoms with Crippen molar-refractivity contribution in [3.63, 3.8) is 0 Å². The molecule has 0 saturated carbocycles. The summed E-state index contributed by atoms with van der Waals surface area (Å²) < 4.78 is 20.8. The summed E-state index contributed by atoms with van der Waals surface area (Å²) in [5.74, 6) is -0.457. The topological polar surface area (TPSA) is 84.7 Å². The zero-order chi connectivity index (χ0) is 23.0. The summed E-state index contributed by atoms with van der Waals surface area (Å²) in [6, 6.07) is 7.39. The van der Waals surface area contributed by atoms with E-state index >= 15 is 0 Å². The van der Waals surface area contributed by atoms with Crippen LogP contribution in [-0.2, 0) is 11.3 Å². The van der Waals surface area contributed by atoms with Crippen LogP contribution in [0.2, 0.25) is 0 Å². The zero-order valence-corrected chi connectivity index (χ0v) is 18.7. The quantitative estimate of drug-likeness (QED) is 0.805. The third kappa shape index (κ3) is 4.95. The largest absolute Gasteiger partial charge is 0.444 e. The molecule has 0 bridgehead atoms. The van der Waals surface area contributed by atoms with E-state index in [0.29, 0.717) is 6.54 Å². The minimum Gasteiger partial charge on any atom is -0.444 e. The number of amides is 1. The molecule has 1 aromatic carbocycles. The van der Waals surface area contributed by atoms with Crippen LogP contribution < -0.4 is 5.56 Å². The van der Waals surface area contributed by atoms with Crippen LogP contribution in [-0.4, -0.2) is 49.9 Å². The van der Waals surface area contributed by atoms with E-state index in [1.807, 2.05) is 13.8 Å². The molecule has 1 saturated heterocycles. The minimum atomic E-state index is -1.24. The fourth-order valence-electron chi connectivity index (χ4n) is 3.78. The van der Waals surface area contributed by atoms with Gasteiger partial charge in [-0.05, 0) is 39.3 Å². The normalized spacial score (nSPS) is 21.1. The third-order valence-corrected chi connectivity index (χ3v) is 5.75. The van der Waals surface area contributed by atoms with Crippen LogP contribution in [0.1, 0.15) is 41.0 Å². The van der Waals surface area contributed by atoms with Gasteiger partial charge >= 0.3 is 6.09 Å². The second kappa shape index (κ2) is 8.07. The Morgan fingerprint density at radius 1 is 1.29 bits per heavy atom. The van der Waals surface area contributed by atoms with E-state index in [1.54, 1.807) is 43.9 Å². The highest BCUT2D eigenvalue weighted by molar-refractivity contribution is 5.68. The van der Waals surface area contributed by atoms with Crippen molar-refractivity contribution in [1.29, 1.82) is 0 Å². The number of hydrogen-bond acceptors (Lipinski definition) is 5. The Morgan fingerprint density at radius 3 is 2.55 bits per heavy atom. The van der Waals surface area contributed by atoms with E-state index in [4.69, 9.17) is 4.74 Å². The minimum absolute atomic E-state index is 0.0194. The van der Waals surface area contributed by atoms with Gasteiger partial charge in [-0.1, -0.05) is 26.0 Å². The van der Waals surface area contributed by atoms with Gasteiger partial charge < -0.3 is 14.7 Å². The molecular weight excluding hydrogens is 401 g/mol. The number of rotatable bonds is 3. The fraction of sp³-hybridized carbons (Fsp3) is 0.522. The monoisotopic (exact) mass is 431 g/mol. The van der Waals surface area contributed by atoms with Crippen molar-refractivity contribution in [2.75, 3.05) is 13.1 Å². The van der Waals surface area contributed by atoms with E-state index in [0.717, 1.165) is 0 Å². The van der Waals surface area contributed by atoms with Crippen molar-refractivity contribution in [3.8, 4) is 11.3 Å². The number of carbonyl (C=O) groups is 1. The van der Waals surface area contributed by atoms with Gasteiger partial charge in [0.1, 0.15) is 11.4 Å². The molecule has 2 aromatic rings. The highest BCUT2D eigenvalue weighted by Gasteiger charge is 2.49. The maximum atomic E-state index is 14.0. The number of hydrogen-bond donors (Lipinski definition) is 1. The molecule has 0 aliphatic carbocycles. The smallest absolute Gasteiger partial charge is 0.410 e. The fourth-order valence-corrected chi connectivity index (χ4v) is 3.78. The average molecular weight is 432 g/mol. The van der Waals surface area contributed by atoms with Gasteiger partial charge in [0.25, 0.3) is 5.56 Å². The Kier molecular flexibility index (Phi) is 5.97. The molecule has 1 aromatic heterocycles. The lowest BCUT2D eigenvalue weighted by Crippen LogP contribution is -2.61. The lowest BCUT2D eigenvalue weighted by molar-refractivity contribution is -0.127. The van der Waals surface area contributed by atoms with Gasteiger partial charge in [0, 0.05) is 30.1 Å². The van der Waals surface area contributed by atoms with Crippen LogP contribution in [0.4, 0.5) is 9.18 Å². The van der Waals surface area contributed by atoms with Crippen LogP contribution >= 0.6 is 0 Å². The standard InChI is InChI=1S/C23H30FN3O4/c1-21(2,3)31-20(29)26-11-10-23(30,22(4,5)13-26)14-27-15-25-18(12-19(27)28)16-8-6-7-9-17(16)24/h6-9,12,15,30H,10-11,13-14H2,1-5H3/t23-/m0/s1. The molecule has 0 unspecified atom stereocenters. The van der Waals surface area contributed by atoms with Crippen LogP contribution in [0.3, 0.4) is 0 Å². The summed E-state index contributed by atoms with van der Waals surface area (Å²) in [5, 5.41) is 11.4. The highest BCUT2D eigenvalue weighted by Crippen LogP contribution is 2.40. The number of aromatic nitrogens is 2. The summed E-state index contributed by atoms with van der Waals surface area (Å²) in [6.45, 7) is 9.75. The predicted molar refractivity (Wildman–Crippen MR) is 115 cm³/mol. The van der Waals surface area contributed by atoms with Crippen LogP contribution in [0, 0.1) is 11.2 Å². The highest BCUT2D eigenvalue weighted by atomic mass is 19.1. The van der Waals surface area contributed by atoms with Crippen molar-refractivity contribution in [3.05, 3.63) is 52.8 Å². The molecule has 1 amide bonds. The first kappa shape index (κ1) is 22.9. The van der Waals surface area contributed by atoms with Crippen molar-refractivity contribution in [2.24, 2.45) is 5.41 Å². The maximum absolute atomic E-state index is 14.0. The van der Waals surface area contributed by atoms with Gasteiger partial charge in [0.2, 0.25) is 0 Å². The number of piperidine rings is 1. The van der Waals surface area contributed by atoms with Gasteiger partial charge in [-0.15, -0.1) is 0 Å². The van der Waals surface area contributed by atoms with Gasteiger partial charge in [-0.3, -0.25) is 9.36 Å². The van der Waals surface area contributed by atoms with E-state index in [9.17, 15) is 19.1 Å². The number of ether oxygens (including phenoxy) is 1. The first-order valence-corrected chi connectivity index (χ1v) is 10.3. The molecule has 31 heavy (non-hydrogen) atoms. The summed E-state index contributed by atoms with van der Waals surface area (Å²) in [4.78, 5) is 30.9. The zero-order valence-electron chi connectivity index (χ0n) is 18.7. The summed E-state index contributed by atoms with van der Waals surface area (Å²) in [5.41, 5.74) is -2.44. The predicted octanol–water partition coefficient (Wildman–Crippen LogP) is 3.45. The molecule has 1 N–H and O–H groups in total. The van der Waals surface area contributed by atoms with Gasteiger partial charge in [0.05, 0.1) is 24.2 Å². The Balaban J connectivity index is 1.79. The molecule has 3 rings (SSSR count). The number of likely N-dealkylation sites (tertiary alicyclic amines) is 1. The van der Waals surface area contributed by atoms with Crippen molar-refractivity contribution in [1.82, 2.24) is 14.5 Å². The molecule has 1 fully saturated rings. The molecule has 0 spiro atoms. The molecule has 1 aliphatic rings. The molecule has 8 heteroatoms. The molecule has 0 radical (unpaired) electrons. The third-order valence-electron chi connectivity index (χ3n) is 5.75. The van der Waals surface area contributed by atoms with Gasteiger partial charge in [-0.2, -0.15) is 0 Å². The Morgan fingerprint density at radius 2 is 1.97 bits per heavy atom. The summed E-state index contributed by atoms with van der Waals surface area (Å²) in [7, 11) is 0. The first-order chi connectivity index (χ1) is 14.3. The van der Waals surface area contributed by atoms with Crippen molar-refractivity contribution < 1.29 is 19.0 Å². The van der Waals surface area contributed by atoms with E-state index in [1.165, 1.54) is 23.0 Å². The number of halogens is 1. The summed E-state index contributed by atoms with van der Waals surface area (Å²) >= 11 is 0. The van der Waals surface area contributed by atoms with Crippen LogP contribution in [0.15, 0.2) is 41.5 Å². The van der Waals surface area contributed by atoms with Crippen LogP contribution in [0.5, 0.6) is 0 Å². The Hall–Kier alpha value is -2.74. The Bertz CT molecular complexity index is 1030. The van der Waals surface area contributed by atoms with E-state index in [-0.39, 0.29) is 36.3 Å². The second-order valence-electron chi connectivity index (χ2n) is 9.79. The first-order valence-electron chi connectivity index (χ1n) is 10.3. The van der Waals surface area contributed by atoms with E-state index < -0.39 is 28.5 Å². The Labute approximate surface area is 181 Å². The van der Waals surface area contributed by atoms with Crippen molar-refractivity contribution >= 4 is 6.09 Å². The van der Waals surface area contributed by atoms with Crippen LogP contribution in [0.25, 0.3) is 11.3 Å². The van der Waals surface area contributed by atoms with Gasteiger partial charge in [-0.25, -0.2) is 14.2 Å². The SMILES string of the molecule is CC(C)(C)OC(=O)N1CC[C@](O)(Cn2cnc(-c3ccccc3F)cc2=O)C(C)(C)C1. The van der Waals surface area contributed by atoms with Gasteiger partial charge in [0.15, 0.2) is 0 Å². The summed E-state index contributed by atoms with van der Waals surface area (Å²) in [6.07, 6.45) is 1.19. The molecule has 7 nitrogen and oxygen atoms in total. The number of carbonyl (C=O) groups excluding carboxylic acids is 1. The number of benzene rings is 1. The average Bonchev–Trinajstić information content (AvgIpc) is 2.65. The van der Waals surface area contributed by atoms with Crippen molar-refractivity contribution in [2.45, 2.75) is 58.8 Å². The molecule has 1 aliphatic heterocycles. The molecule has 1 atom stereocenters. The lowest BCUT2D eigenvalue weighted by Gasteiger charge is -2.50. The maximum Gasteiger partial charge on any atom is 0.410 e. The number of aliphatic hydroxyl groups is 1. The molecule has 168 valence electrons. The molecular formula is C23H30FN3O4. The number of nitrogens with zero attached hydrogens (tertiary/aromatic N) is 3. The lowest BCUT2D eigenvalue weighted by atomic mass is 9.70.